The Bertz CT molecular complexity index is 1780. The number of sulfonamides is 1. The van der Waals surface area contributed by atoms with Gasteiger partial charge in [0.15, 0.2) is 0 Å². The molecule has 1 saturated carbocycles. The zero-order chi connectivity index (χ0) is 33.4. The van der Waals surface area contributed by atoms with Crippen molar-refractivity contribution in [1.29, 1.82) is 0 Å². The molecule has 4 aromatic carbocycles. The monoisotopic (exact) mass is 691 g/mol. The Morgan fingerprint density at radius 2 is 1.49 bits per heavy atom. The molecule has 1 N–H and O–H groups in total. The Morgan fingerprint density at radius 3 is 2.15 bits per heavy atom. The van der Waals surface area contributed by atoms with E-state index in [4.69, 9.17) is 23.2 Å². The van der Waals surface area contributed by atoms with Crippen LogP contribution in [0.3, 0.4) is 0 Å². The molecule has 0 heterocycles. The van der Waals surface area contributed by atoms with Gasteiger partial charge in [0.1, 0.15) is 12.6 Å². The number of halogens is 2. The first-order valence-corrected chi connectivity index (χ1v) is 18.0. The second kappa shape index (κ2) is 15.8. The summed E-state index contributed by atoms with van der Waals surface area (Å²) >= 11 is 12.8. The molecule has 0 aliphatic heterocycles. The van der Waals surface area contributed by atoms with Crippen molar-refractivity contribution in [2.45, 2.75) is 69.0 Å². The summed E-state index contributed by atoms with van der Waals surface area (Å²) in [6, 6.07) is 28.7. The lowest BCUT2D eigenvalue weighted by atomic mass is 9.94. The largest absolute Gasteiger partial charge is 0.352 e. The highest BCUT2D eigenvalue weighted by atomic mass is 35.5. The van der Waals surface area contributed by atoms with Gasteiger partial charge in [-0.05, 0) is 66.8 Å². The minimum atomic E-state index is -4.27. The average Bonchev–Trinajstić information content (AvgIpc) is 3.07. The van der Waals surface area contributed by atoms with Gasteiger partial charge in [-0.1, -0.05) is 115 Å². The van der Waals surface area contributed by atoms with E-state index in [1.165, 1.54) is 35.2 Å². The molecule has 47 heavy (non-hydrogen) atoms. The molecule has 1 aliphatic rings. The van der Waals surface area contributed by atoms with Gasteiger partial charge in [-0.3, -0.25) is 13.9 Å². The van der Waals surface area contributed by atoms with E-state index >= 15 is 0 Å². The van der Waals surface area contributed by atoms with E-state index in [2.05, 4.69) is 5.32 Å². The predicted octanol–water partition coefficient (Wildman–Crippen LogP) is 7.59. The summed E-state index contributed by atoms with van der Waals surface area (Å²) < 4.78 is 29.4. The van der Waals surface area contributed by atoms with Crippen molar-refractivity contribution in [2.75, 3.05) is 10.8 Å². The van der Waals surface area contributed by atoms with Gasteiger partial charge in [-0.15, -0.1) is 0 Å². The van der Waals surface area contributed by atoms with Crippen LogP contribution in [0, 0.1) is 6.92 Å². The third kappa shape index (κ3) is 8.74. The molecular weight excluding hydrogens is 653 g/mol. The molecule has 0 spiro atoms. The Morgan fingerprint density at radius 1 is 0.851 bits per heavy atom. The van der Waals surface area contributed by atoms with Crippen LogP contribution < -0.4 is 9.62 Å². The van der Waals surface area contributed by atoms with Gasteiger partial charge in [0.2, 0.25) is 11.8 Å². The summed E-state index contributed by atoms with van der Waals surface area (Å²) in [5, 5.41) is 3.63. The second-order valence-electron chi connectivity index (χ2n) is 11.9. The lowest BCUT2D eigenvalue weighted by Gasteiger charge is -2.35. The number of carbonyl (C=O) groups is 2. The summed E-state index contributed by atoms with van der Waals surface area (Å²) in [4.78, 5) is 30.4. The number of nitrogens with zero attached hydrogens (tertiary/aromatic N) is 2. The smallest absolute Gasteiger partial charge is 0.264 e. The third-order valence-corrected chi connectivity index (χ3v) is 10.9. The van der Waals surface area contributed by atoms with Crippen molar-refractivity contribution in [2.24, 2.45) is 0 Å². The van der Waals surface area contributed by atoms with Crippen molar-refractivity contribution < 1.29 is 18.0 Å². The van der Waals surface area contributed by atoms with E-state index in [-0.39, 0.29) is 40.5 Å². The van der Waals surface area contributed by atoms with Crippen LogP contribution in [0.25, 0.3) is 0 Å². The van der Waals surface area contributed by atoms with Gasteiger partial charge in [0, 0.05) is 24.0 Å². The fraction of sp³-hybridized carbons (Fsp3) is 0.297. The Kier molecular flexibility index (Phi) is 11.6. The maximum atomic E-state index is 14.7. The SMILES string of the molecule is Cc1ccccc1CN(C(=O)CN(c1ccc(Cl)cc1Cl)S(=O)(=O)c1ccccc1)[C@H](Cc1ccccc1)C(=O)NC1CCCCC1. The fourth-order valence-corrected chi connectivity index (χ4v) is 8.00. The molecule has 4 aromatic rings. The Hall–Kier alpha value is -3.85. The first-order valence-electron chi connectivity index (χ1n) is 15.8. The third-order valence-electron chi connectivity index (χ3n) is 8.61. The standard InChI is InChI=1S/C37H39Cl2N3O4S/c1-27-13-11-12-16-29(27)25-41(35(23-28-14-5-2-6-15-28)37(44)40-31-17-7-3-8-18-31)36(43)26-42(34-22-21-30(38)24-33(34)39)47(45,46)32-19-9-4-10-20-32/h2,4-6,9-16,19-22,24,31,35H,3,7-8,17-18,23,25-26H2,1H3,(H,40,44)/t35-/m1/s1. The fourth-order valence-electron chi connectivity index (χ4n) is 5.99. The van der Waals surface area contributed by atoms with Crippen LogP contribution in [0.1, 0.15) is 48.8 Å². The zero-order valence-corrected chi connectivity index (χ0v) is 28.6. The number of hydrogen-bond donors (Lipinski definition) is 1. The van der Waals surface area contributed by atoms with E-state index in [0.29, 0.717) is 5.02 Å². The predicted molar refractivity (Wildman–Crippen MR) is 188 cm³/mol. The molecule has 0 unspecified atom stereocenters. The van der Waals surface area contributed by atoms with E-state index in [1.54, 1.807) is 18.2 Å². The van der Waals surface area contributed by atoms with Gasteiger partial charge < -0.3 is 10.2 Å². The van der Waals surface area contributed by atoms with Crippen molar-refractivity contribution >= 4 is 50.7 Å². The number of nitrogens with one attached hydrogen (secondary N) is 1. The van der Waals surface area contributed by atoms with Crippen molar-refractivity contribution in [3.05, 3.63) is 130 Å². The van der Waals surface area contributed by atoms with Crippen molar-refractivity contribution in [3.63, 3.8) is 0 Å². The summed E-state index contributed by atoms with van der Waals surface area (Å²) in [7, 11) is -4.27. The second-order valence-corrected chi connectivity index (χ2v) is 14.6. The van der Waals surface area contributed by atoms with Crippen LogP contribution in [0.4, 0.5) is 5.69 Å². The molecule has 0 aromatic heterocycles. The summed E-state index contributed by atoms with van der Waals surface area (Å²) in [5.41, 5.74) is 2.79. The topological polar surface area (TPSA) is 86.8 Å². The van der Waals surface area contributed by atoms with E-state index in [1.807, 2.05) is 61.5 Å². The lowest BCUT2D eigenvalue weighted by molar-refractivity contribution is -0.140. The van der Waals surface area contributed by atoms with Gasteiger partial charge in [-0.25, -0.2) is 8.42 Å². The number of hydrogen-bond acceptors (Lipinski definition) is 4. The number of aryl methyl sites for hydroxylation is 1. The van der Waals surface area contributed by atoms with Crippen LogP contribution in [0.2, 0.25) is 10.0 Å². The highest BCUT2D eigenvalue weighted by molar-refractivity contribution is 7.92. The number of amides is 2. The maximum absolute atomic E-state index is 14.7. The van der Waals surface area contributed by atoms with E-state index in [9.17, 15) is 18.0 Å². The number of rotatable bonds is 12. The summed E-state index contributed by atoms with van der Waals surface area (Å²) in [5.74, 6) is -0.803. The molecule has 0 saturated heterocycles. The maximum Gasteiger partial charge on any atom is 0.264 e. The van der Waals surface area contributed by atoms with Gasteiger partial charge >= 0.3 is 0 Å². The average molecular weight is 693 g/mol. The quantitative estimate of drug-likeness (QED) is 0.166. The van der Waals surface area contributed by atoms with Crippen LogP contribution in [0.15, 0.2) is 108 Å². The van der Waals surface area contributed by atoms with E-state index in [0.717, 1.165) is 53.1 Å². The van der Waals surface area contributed by atoms with Crippen molar-refractivity contribution in [3.8, 4) is 0 Å². The Labute approximate surface area is 287 Å². The minimum Gasteiger partial charge on any atom is -0.352 e. The first kappa shape index (κ1) is 34.5. The van der Waals surface area contributed by atoms with Crippen LogP contribution in [-0.2, 0) is 32.6 Å². The molecule has 5 rings (SSSR count). The number of anilines is 1. The van der Waals surface area contributed by atoms with Crippen LogP contribution in [-0.4, -0.2) is 43.8 Å². The zero-order valence-electron chi connectivity index (χ0n) is 26.3. The molecule has 1 fully saturated rings. The van der Waals surface area contributed by atoms with Gasteiger partial charge in [0.25, 0.3) is 10.0 Å². The highest BCUT2D eigenvalue weighted by Gasteiger charge is 2.36. The van der Waals surface area contributed by atoms with Crippen LogP contribution >= 0.6 is 23.2 Å². The van der Waals surface area contributed by atoms with Crippen LogP contribution in [0.5, 0.6) is 0 Å². The molecule has 0 bridgehead atoms. The molecule has 246 valence electrons. The number of benzene rings is 4. The molecular formula is C37H39Cl2N3O4S. The minimum absolute atomic E-state index is 0.000137. The molecule has 10 heteroatoms. The van der Waals surface area contributed by atoms with Gasteiger partial charge in [-0.2, -0.15) is 0 Å². The molecule has 7 nitrogen and oxygen atoms in total. The highest BCUT2D eigenvalue weighted by Crippen LogP contribution is 2.33. The van der Waals surface area contributed by atoms with Crippen molar-refractivity contribution in [1.82, 2.24) is 10.2 Å². The normalized spacial score (nSPS) is 14.3. The summed E-state index contributed by atoms with van der Waals surface area (Å²) in [6.45, 7) is 1.47. The summed E-state index contributed by atoms with van der Waals surface area (Å²) in [6.07, 6.45) is 5.23. The first-order chi connectivity index (χ1) is 22.6. The number of carbonyl (C=O) groups excluding carboxylic acids is 2. The molecule has 2 amide bonds. The Balaban J connectivity index is 1.58. The molecule has 1 atom stereocenters. The molecule has 1 aliphatic carbocycles. The van der Waals surface area contributed by atoms with E-state index < -0.39 is 28.5 Å². The molecule has 0 radical (unpaired) electrons. The van der Waals surface area contributed by atoms with Gasteiger partial charge in [0.05, 0.1) is 15.6 Å². The lowest BCUT2D eigenvalue weighted by Crippen LogP contribution is -2.55.